The number of fused-ring (bicyclic) bond motifs is 3. The van der Waals surface area contributed by atoms with E-state index in [1.54, 1.807) is 6.20 Å². The van der Waals surface area contributed by atoms with E-state index in [4.69, 9.17) is 0 Å². The number of anilines is 1. The molecule has 1 aromatic carbocycles. The molecule has 0 spiro atoms. The van der Waals surface area contributed by atoms with Crippen molar-refractivity contribution in [3.05, 3.63) is 35.5 Å². The van der Waals surface area contributed by atoms with E-state index in [0.29, 0.717) is 17.0 Å². The van der Waals surface area contributed by atoms with Crippen molar-refractivity contribution in [2.24, 2.45) is 5.92 Å². The van der Waals surface area contributed by atoms with Crippen LogP contribution >= 0.6 is 11.3 Å². The second-order valence-electron chi connectivity index (χ2n) is 7.40. The van der Waals surface area contributed by atoms with Crippen LogP contribution in [-0.2, 0) is 4.79 Å². The molecule has 2 amide bonds. The molecule has 2 N–H and O–H groups in total. The summed E-state index contributed by atoms with van der Waals surface area (Å²) in [6.45, 7) is 5.99. The lowest BCUT2D eigenvalue weighted by Crippen LogP contribution is -2.62. The maximum Gasteiger partial charge on any atom is 0.280 e. The average Bonchev–Trinajstić information content (AvgIpc) is 3.15. The van der Waals surface area contributed by atoms with Crippen LogP contribution in [0.5, 0.6) is 0 Å². The molecule has 3 aliphatic rings. The minimum absolute atomic E-state index is 0.0771. The van der Waals surface area contributed by atoms with Crippen molar-refractivity contribution in [3.8, 4) is 10.4 Å². The first-order valence-corrected chi connectivity index (χ1v) is 10.2. The Kier molecular flexibility index (Phi) is 4.97. The van der Waals surface area contributed by atoms with Gasteiger partial charge in [0.05, 0.1) is 4.88 Å². The van der Waals surface area contributed by atoms with Gasteiger partial charge in [-0.1, -0.05) is 12.1 Å². The maximum atomic E-state index is 12.7. The van der Waals surface area contributed by atoms with Crippen LogP contribution in [0.1, 0.15) is 36.5 Å². The summed E-state index contributed by atoms with van der Waals surface area (Å²) in [6, 6.07) is 8.16. The van der Waals surface area contributed by atoms with Crippen molar-refractivity contribution >= 4 is 28.8 Å². The molecule has 5 rings (SSSR count). The van der Waals surface area contributed by atoms with Crippen LogP contribution in [0.4, 0.5) is 5.69 Å². The summed E-state index contributed by atoms with van der Waals surface area (Å²) in [5.74, 6) is 0.405. The van der Waals surface area contributed by atoms with Crippen molar-refractivity contribution in [2.75, 3.05) is 18.4 Å². The number of benzene rings is 1. The van der Waals surface area contributed by atoms with Gasteiger partial charge in [-0.25, -0.2) is 4.98 Å². The molecule has 2 bridgehead atoms. The zero-order chi connectivity index (χ0) is 19.0. The van der Waals surface area contributed by atoms with Gasteiger partial charge in [0.25, 0.3) is 5.91 Å². The van der Waals surface area contributed by atoms with Crippen molar-refractivity contribution in [2.45, 2.75) is 38.8 Å². The van der Waals surface area contributed by atoms with Gasteiger partial charge in [0.2, 0.25) is 5.91 Å². The van der Waals surface area contributed by atoms with Gasteiger partial charge >= 0.3 is 0 Å². The molecule has 0 aliphatic carbocycles. The van der Waals surface area contributed by atoms with Gasteiger partial charge < -0.3 is 10.6 Å². The third kappa shape index (κ3) is 3.75. The summed E-state index contributed by atoms with van der Waals surface area (Å²) >= 11 is 1.40. The molecule has 0 unspecified atom stereocenters. The van der Waals surface area contributed by atoms with Gasteiger partial charge in [-0.2, -0.15) is 0 Å². The van der Waals surface area contributed by atoms with Gasteiger partial charge in [0.15, 0.2) is 5.01 Å². The molecule has 3 aliphatic heterocycles. The fourth-order valence-corrected chi connectivity index (χ4v) is 5.02. The predicted molar refractivity (Wildman–Crippen MR) is 107 cm³/mol. The minimum atomic E-state index is -0.0959. The lowest BCUT2D eigenvalue weighted by atomic mass is 9.79. The molecule has 142 valence electrons. The number of carbonyl (C=O) groups is 2. The van der Waals surface area contributed by atoms with Crippen molar-refractivity contribution in [3.63, 3.8) is 0 Å². The Bertz CT molecular complexity index is 838. The molecule has 6 nitrogen and oxygen atoms in total. The lowest BCUT2D eigenvalue weighted by Gasteiger charge is -2.49. The van der Waals surface area contributed by atoms with E-state index < -0.39 is 0 Å². The van der Waals surface area contributed by atoms with Gasteiger partial charge in [-0.15, -0.1) is 11.3 Å². The first-order valence-electron chi connectivity index (χ1n) is 9.40. The predicted octanol–water partition coefficient (Wildman–Crippen LogP) is 2.98. The van der Waals surface area contributed by atoms with E-state index in [1.807, 2.05) is 24.3 Å². The average molecular weight is 385 g/mol. The lowest BCUT2D eigenvalue weighted by molar-refractivity contribution is -0.114. The number of piperidine rings is 3. The van der Waals surface area contributed by atoms with Crippen molar-refractivity contribution in [1.82, 2.24) is 15.2 Å². The Labute approximate surface area is 163 Å². The summed E-state index contributed by atoms with van der Waals surface area (Å²) < 4.78 is 0. The quantitative estimate of drug-likeness (QED) is 0.850. The normalized spacial score (nSPS) is 26.6. The molecule has 0 radical (unpaired) electrons. The van der Waals surface area contributed by atoms with E-state index in [2.05, 4.69) is 27.4 Å². The first-order chi connectivity index (χ1) is 13.0. The molecular formula is C20H24N4O2S. The van der Waals surface area contributed by atoms with Crippen LogP contribution in [0.25, 0.3) is 10.4 Å². The Balaban J connectivity index is 1.44. The number of amides is 2. The Morgan fingerprint density at radius 1 is 1.19 bits per heavy atom. The van der Waals surface area contributed by atoms with Crippen LogP contribution < -0.4 is 10.6 Å². The van der Waals surface area contributed by atoms with Crippen LogP contribution in [0.2, 0.25) is 0 Å². The molecule has 3 fully saturated rings. The number of aromatic nitrogens is 1. The maximum absolute atomic E-state index is 12.7. The number of hydrogen-bond donors (Lipinski definition) is 2. The monoisotopic (exact) mass is 384 g/mol. The van der Waals surface area contributed by atoms with Crippen LogP contribution in [0.15, 0.2) is 30.5 Å². The van der Waals surface area contributed by atoms with Crippen molar-refractivity contribution in [1.29, 1.82) is 0 Å². The van der Waals surface area contributed by atoms with Gasteiger partial charge in [-0.05, 0) is 56.5 Å². The number of hydrogen-bond acceptors (Lipinski definition) is 5. The topological polar surface area (TPSA) is 74.3 Å². The first kappa shape index (κ1) is 18.1. The highest BCUT2D eigenvalue weighted by Gasteiger charge is 2.40. The Morgan fingerprint density at radius 2 is 1.89 bits per heavy atom. The van der Waals surface area contributed by atoms with Gasteiger partial charge in [0.1, 0.15) is 0 Å². The molecular weight excluding hydrogens is 360 g/mol. The smallest absolute Gasteiger partial charge is 0.280 e. The minimum Gasteiger partial charge on any atom is -0.345 e. The molecule has 0 saturated carbocycles. The summed E-state index contributed by atoms with van der Waals surface area (Å²) in [6.07, 6.45) is 4.07. The van der Waals surface area contributed by atoms with Crippen molar-refractivity contribution < 1.29 is 9.59 Å². The molecule has 27 heavy (non-hydrogen) atoms. The van der Waals surface area contributed by atoms with E-state index in [9.17, 15) is 9.59 Å². The summed E-state index contributed by atoms with van der Waals surface area (Å²) in [5.41, 5.74) is 1.74. The molecule has 2 aromatic rings. The molecule has 4 heterocycles. The zero-order valence-electron chi connectivity index (χ0n) is 15.6. The summed E-state index contributed by atoms with van der Waals surface area (Å²) in [4.78, 5) is 31.6. The second-order valence-corrected chi connectivity index (χ2v) is 8.43. The Morgan fingerprint density at radius 3 is 2.52 bits per heavy atom. The van der Waals surface area contributed by atoms with Crippen LogP contribution in [0, 0.1) is 5.92 Å². The third-order valence-corrected chi connectivity index (χ3v) is 6.71. The van der Waals surface area contributed by atoms with Gasteiger partial charge in [-0.3, -0.25) is 14.5 Å². The number of nitrogens with one attached hydrogen (secondary N) is 2. The summed E-state index contributed by atoms with van der Waals surface area (Å²) in [5, 5.41) is 6.48. The Hall–Kier alpha value is -2.25. The van der Waals surface area contributed by atoms with E-state index in [0.717, 1.165) is 29.2 Å². The number of thiazole rings is 1. The highest BCUT2D eigenvalue weighted by Crippen LogP contribution is 2.33. The highest BCUT2D eigenvalue weighted by molar-refractivity contribution is 7.17. The largest absolute Gasteiger partial charge is 0.345 e. The zero-order valence-corrected chi connectivity index (χ0v) is 16.4. The molecule has 2 atom stereocenters. The fourth-order valence-electron chi connectivity index (χ4n) is 4.19. The SMILES string of the molecule is CC(=O)Nc1ccc(-c2cnc(C(=O)N[C@@H]3C4CCN(CC4)[C@@H]3C)s2)cc1. The highest BCUT2D eigenvalue weighted by atomic mass is 32.1. The van der Waals surface area contributed by atoms with E-state index in [-0.39, 0.29) is 17.9 Å². The van der Waals surface area contributed by atoms with E-state index in [1.165, 1.54) is 31.1 Å². The fraction of sp³-hybridized carbons (Fsp3) is 0.450. The standard InChI is InChI=1S/C20H24N4O2S/c1-12-18(15-7-9-24(12)10-8-15)23-19(26)20-21-11-17(27-20)14-3-5-16(6-4-14)22-13(2)25/h3-6,11-12,15,18H,7-10H2,1-2H3,(H,22,25)(H,23,26)/t12-,18+/m1/s1. The van der Waals surface area contributed by atoms with Gasteiger partial charge in [0, 0.05) is 30.9 Å². The number of rotatable bonds is 4. The second kappa shape index (κ2) is 7.40. The summed E-state index contributed by atoms with van der Waals surface area (Å²) in [7, 11) is 0. The number of carbonyl (C=O) groups excluding carboxylic acids is 2. The number of nitrogens with zero attached hydrogens (tertiary/aromatic N) is 2. The van der Waals surface area contributed by atoms with Crippen LogP contribution in [0.3, 0.4) is 0 Å². The molecule has 3 saturated heterocycles. The van der Waals surface area contributed by atoms with Crippen LogP contribution in [-0.4, -0.2) is 46.9 Å². The molecule has 1 aromatic heterocycles. The van der Waals surface area contributed by atoms with E-state index >= 15 is 0 Å². The molecule has 7 heteroatoms. The third-order valence-electron chi connectivity index (χ3n) is 5.67.